The number of anilines is 1. The third-order valence-electron chi connectivity index (χ3n) is 5.27. The zero-order chi connectivity index (χ0) is 20.0. The van der Waals surface area contributed by atoms with E-state index in [-0.39, 0.29) is 11.4 Å². The van der Waals surface area contributed by atoms with Crippen molar-refractivity contribution in [2.45, 2.75) is 38.9 Å². The van der Waals surface area contributed by atoms with Gasteiger partial charge >= 0.3 is 0 Å². The van der Waals surface area contributed by atoms with Crippen molar-refractivity contribution >= 4 is 37.6 Å². The first-order valence-corrected chi connectivity index (χ1v) is 10.5. The van der Waals surface area contributed by atoms with E-state index >= 15 is 0 Å². The van der Waals surface area contributed by atoms with Gasteiger partial charge in [-0.2, -0.15) is 0 Å². The number of nitrogens with zero attached hydrogens (tertiary/aromatic N) is 3. The minimum Gasteiger partial charge on any atom is -0.508 e. The number of ether oxygens (including phenoxy) is 1. The highest BCUT2D eigenvalue weighted by molar-refractivity contribution is 7.25. The molecule has 1 aromatic carbocycles. The summed E-state index contributed by atoms with van der Waals surface area (Å²) in [4.78, 5) is 14.9. The van der Waals surface area contributed by atoms with Gasteiger partial charge < -0.3 is 15.2 Å². The number of phenolic OH excluding ortho intramolecular Hbond substituents is 1. The fraction of sp³-hybridized carbons (Fsp3) is 0.318. The lowest BCUT2D eigenvalue weighted by molar-refractivity contribution is -0.0411. The molecule has 4 heterocycles. The van der Waals surface area contributed by atoms with Crippen LogP contribution in [0.5, 0.6) is 5.75 Å². The lowest BCUT2D eigenvalue weighted by Crippen LogP contribution is -2.32. The van der Waals surface area contributed by atoms with Crippen LogP contribution in [0.4, 0.5) is 5.82 Å². The quantitative estimate of drug-likeness (QED) is 0.521. The Morgan fingerprint density at radius 2 is 2.03 bits per heavy atom. The lowest BCUT2D eigenvalue weighted by Gasteiger charge is -2.30. The van der Waals surface area contributed by atoms with Gasteiger partial charge in [0.2, 0.25) is 0 Å². The minimum atomic E-state index is -0.175. The summed E-state index contributed by atoms with van der Waals surface area (Å²) in [6, 6.07) is 9.47. The molecule has 0 saturated carbocycles. The number of hydrogen-bond donors (Lipinski definition) is 2. The van der Waals surface area contributed by atoms with Gasteiger partial charge in [0.05, 0.1) is 28.1 Å². The molecule has 29 heavy (non-hydrogen) atoms. The standard InChI is InChI=1S/C22H22N4O2S/c1-22(2)10-17-14(11-28-22)9-16-18-19(29-21(16)26-17)20(25-12-24-18)23-8-7-13-3-5-15(27)6-4-13/h3-6,9,12,27H,7-8,10-11H2,1-2H3,(H,23,24,25). The number of phenols is 1. The van der Waals surface area contributed by atoms with Crippen LogP contribution in [-0.2, 0) is 24.2 Å². The molecule has 7 heteroatoms. The summed E-state index contributed by atoms with van der Waals surface area (Å²) in [6.07, 6.45) is 3.27. The zero-order valence-corrected chi connectivity index (χ0v) is 17.2. The van der Waals surface area contributed by atoms with Crippen LogP contribution < -0.4 is 5.32 Å². The van der Waals surface area contributed by atoms with Crippen molar-refractivity contribution < 1.29 is 9.84 Å². The van der Waals surface area contributed by atoms with Crippen molar-refractivity contribution in [3.63, 3.8) is 0 Å². The van der Waals surface area contributed by atoms with Crippen LogP contribution in [0.1, 0.15) is 30.7 Å². The Bertz CT molecular complexity index is 1200. The number of hydrogen-bond acceptors (Lipinski definition) is 7. The Morgan fingerprint density at radius 3 is 2.86 bits per heavy atom. The molecule has 1 aliphatic heterocycles. The first-order chi connectivity index (χ1) is 14.0. The molecule has 3 aromatic heterocycles. The maximum Gasteiger partial charge on any atom is 0.147 e. The molecule has 2 N–H and O–H groups in total. The molecular formula is C22H22N4O2S. The lowest BCUT2D eigenvalue weighted by atomic mass is 9.95. The Kier molecular flexibility index (Phi) is 4.37. The van der Waals surface area contributed by atoms with Gasteiger partial charge in [0, 0.05) is 23.9 Å². The van der Waals surface area contributed by atoms with Crippen LogP contribution in [0, 0.1) is 0 Å². The van der Waals surface area contributed by atoms with E-state index in [9.17, 15) is 5.11 Å². The molecule has 0 unspecified atom stereocenters. The highest BCUT2D eigenvalue weighted by atomic mass is 32.1. The molecule has 1 aliphatic rings. The van der Waals surface area contributed by atoms with E-state index in [2.05, 4.69) is 35.2 Å². The van der Waals surface area contributed by atoms with E-state index < -0.39 is 0 Å². The van der Waals surface area contributed by atoms with E-state index in [0.717, 1.165) is 62.5 Å². The predicted molar refractivity (Wildman–Crippen MR) is 116 cm³/mol. The molecule has 0 bridgehead atoms. The largest absolute Gasteiger partial charge is 0.508 e. The summed E-state index contributed by atoms with van der Waals surface area (Å²) < 4.78 is 6.99. The van der Waals surface area contributed by atoms with Gasteiger partial charge in [-0.15, -0.1) is 11.3 Å². The molecule has 0 radical (unpaired) electrons. The molecular weight excluding hydrogens is 384 g/mol. The second-order valence-corrected chi connectivity index (χ2v) is 9.02. The van der Waals surface area contributed by atoms with Crippen LogP contribution in [0.25, 0.3) is 20.4 Å². The van der Waals surface area contributed by atoms with Gasteiger partial charge in [-0.1, -0.05) is 12.1 Å². The number of aromatic hydroxyl groups is 1. The first-order valence-electron chi connectivity index (χ1n) is 9.70. The molecule has 0 saturated heterocycles. The number of nitrogens with one attached hydrogen (secondary N) is 1. The van der Waals surface area contributed by atoms with Gasteiger partial charge in [-0.25, -0.2) is 15.0 Å². The topological polar surface area (TPSA) is 80.2 Å². The van der Waals surface area contributed by atoms with Crippen LogP contribution in [0.3, 0.4) is 0 Å². The van der Waals surface area contributed by atoms with Crippen molar-refractivity contribution in [3.05, 3.63) is 53.5 Å². The van der Waals surface area contributed by atoms with E-state index in [0.29, 0.717) is 6.61 Å². The summed E-state index contributed by atoms with van der Waals surface area (Å²) in [5, 5.41) is 13.9. The number of thiophene rings is 1. The van der Waals surface area contributed by atoms with Gasteiger partial charge in [-0.05, 0) is 44.0 Å². The van der Waals surface area contributed by atoms with E-state index in [4.69, 9.17) is 9.72 Å². The molecule has 4 aromatic rings. The van der Waals surface area contributed by atoms with E-state index in [1.807, 2.05) is 12.1 Å². The maximum atomic E-state index is 9.41. The second-order valence-electron chi connectivity index (χ2n) is 8.02. The third kappa shape index (κ3) is 3.52. The van der Waals surface area contributed by atoms with Crippen molar-refractivity contribution in [1.82, 2.24) is 15.0 Å². The molecule has 0 amide bonds. The number of aromatic nitrogens is 3. The molecule has 148 valence electrons. The average molecular weight is 407 g/mol. The number of pyridine rings is 1. The fourth-order valence-corrected chi connectivity index (χ4v) is 4.80. The van der Waals surface area contributed by atoms with E-state index in [1.54, 1.807) is 29.8 Å². The Labute approximate surface area is 172 Å². The minimum absolute atomic E-state index is 0.175. The summed E-state index contributed by atoms with van der Waals surface area (Å²) >= 11 is 1.64. The van der Waals surface area contributed by atoms with Gasteiger partial charge in [0.25, 0.3) is 0 Å². The SMILES string of the molecule is CC1(C)Cc2nc3sc4c(NCCc5ccc(O)cc5)ncnc4c3cc2CO1. The smallest absolute Gasteiger partial charge is 0.147 e. The summed E-state index contributed by atoms with van der Waals surface area (Å²) in [6.45, 7) is 5.55. The summed E-state index contributed by atoms with van der Waals surface area (Å²) in [7, 11) is 0. The van der Waals surface area contributed by atoms with Crippen LogP contribution in [0.2, 0.25) is 0 Å². The summed E-state index contributed by atoms with van der Waals surface area (Å²) in [5.74, 6) is 1.12. The highest BCUT2D eigenvalue weighted by Gasteiger charge is 2.28. The summed E-state index contributed by atoms with van der Waals surface area (Å²) in [5.41, 5.74) is 4.19. The Morgan fingerprint density at radius 1 is 1.21 bits per heavy atom. The fourth-order valence-electron chi connectivity index (χ4n) is 3.70. The molecule has 0 atom stereocenters. The van der Waals surface area contributed by atoms with Gasteiger partial charge in [0.15, 0.2) is 0 Å². The first kappa shape index (κ1) is 18.3. The van der Waals surface area contributed by atoms with Crippen molar-refractivity contribution in [2.24, 2.45) is 0 Å². The van der Waals surface area contributed by atoms with Crippen LogP contribution >= 0.6 is 11.3 Å². The van der Waals surface area contributed by atoms with E-state index in [1.165, 1.54) is 0 Å². The predicted octanol–water partition coefficient (Wildman–Crippen LogP) is 4.45. The molecule has 0 spiro atoms. The van der Waals surface area contributed by atoms with Crippen molar-refractivity contribution in [1.29, 1.82) is 0 Å². The van der Waals surface area contributed by atoms with Crippen molar-refractivity contribution in [3.8, 4) is 5.75 Å². The maximum absolute atomic E-state index is 9.41. The number of benzene rings is 1. The normalized spacial score (nSPS) is 15.5. The van der Waals surface area contributed by atoms with Crippen LogP contribution in [-0.4, -0.2) is 32.2 Å². The highest BCUT2D eigenvalue weighted by Crippen LogP contribution is 2.37. The average Bonchev–Trinajstić information content (AvgIpc) is 3.05. The molecule has 6 nitrogen and oxygen atoms in total. The Balaban J connectivity index is 1.45. The molecule has 0 aliphatic carbocycles. The third-order valence-corrected chi connectivity index (χ3v) is 6.36. The molecule has 0 fully saturated rings. The zero-order valence-electron chi connectivity index (χ0n) is 16.4. The second kappa shape index (κ2) is 6.93. The molecule has 5 rings (SSSR count). The van der Waals surface area contributed by atoms with Crippen LogP contribution in [0.15, 0.2) is 36.7 Å². The number of rotatable bonds is 4. The van der Waals surface area contributed by atoms with Gasteiger partial charge in [0.1, 0.15) is 22.7 Å². The monoisotopic (exact) mass is 406 g/mol. The van der Waals surface area contributed by atoms with Crippen molar-refractivity contribution in [2.75, 3.05) is 11.9 Å². The van der Waals surface area contributed by atoms with Gasteiger partial charge in [-0.3, -0.25) is 0 Å². The Hall–Kier alpha value is -2.77. The number of fused-ring (bicyclic) bond motifs is 4.